The van der Waals surface area contributed by atoms with Crippen molar-refractivity contribution in [2.45, 2.75) is 0 Å². The van der Waals surface area contributed by atoms with Gasteiger partial charge in [0.2, 0.25) is 0 Å². The summed E-state index contributed by atoms with van der Waals surface area (Å²) in [7, 11) is 3.34. The highest BCUT2D eigenvalue weighted by molar-refractivity contribution is 7.11. The Kier molecular flexibility index (Phi) is 3.39. The minimum atomic E-state index is -0.106. The Hall–Kier alpha value is -1.88. The van der Waals surface area contributed by atoms with Crippen LogP contribution in [0, 0.1) is 0 Å². The molecule has 88 valence electrons. The monoisotopic (exact) mass is 248 g/mol. The molecule has 0 radical (unpaired) electrons. The van der Waals surface area contributed by atoms with E-state index in [4.69, 9.17) is 4.74 Å². The second-order valence-corrected chi connectivity index (χ2v) is 4.29. The Morgan fingerprint density at radius 3 is 2.59 bits per heavy atom. The molecule has 5 heteroatoms. The Balaban J connectivity index is 2.19. The number of thiazole rings is 1. The van der Waals surface area contributed by atoms with Crippen LogP contribution in [-0.2, 0) is 0 Å². The molecule has 4 nitrogen and oxygen atoms in total. The van der Waals surface area contributed by atoms with Gasteiger partial charge in [-0.1, -0.05) is 0 Å². The lowest BCUT2D eigenvalue weighted by Gasteiger charge is -2.16. The molecule has 0 saturated carbocycles. The average molecular weight is 248 g/mol. The molecule has 1 amide bonds. The van der Waals surface area contributed by atoms with Crippen LogP contribution in [0.25, 0.3) is 0 Å². The quantitative estimate of drug-likeness (QED) is 0.837. The fourth-order valence-electron chi connectivity index (χ4n) is 1.40. The molecular formula is C12H12N2O2S. The molecular weight excluding hydrogens is 236 g/mol. The molecule has 0 aliphatic heterocycles. The van der Waals surface area contributed by atoms with Crippen LogP contribution in [-0.4, -0.2) is 25.0 Å². The van der Waals surface area contributed by atoms with E-state index in [-0.39, 0.29) is 5.91 Å². The number of carbonyl (C=O) groups excluding carboxylic acids is 1. The van der Waals surface area contributed by atoms with Crippen LogP contribution >= 0.6 is 11.3 Å². The number of rotatable bonds is 3. The number of anilines is 1. The van der Waals surface area contributed by atoms with Gasteiger partial charge in [-0.2, -0.15) is 0 Å². The second kappa shape index (κ2) is 4.97. The Labute approximate surface area is 103 Å². The van der Waals surface area contributed by atoms with E-state index in [1.807, 2.05) is 24.3 Å². The number of hydrogen-bond acceptors (Lipinski definition) is 4. The van der Waals surface area contributed by atoms with Crippen LogP contribution in [0.2, 0.25) is 0 Å². The molecule has 2 rings (SSSR count). The molecule has 0 atom stereocenters. The predicted molar refractivity (Wildman–Crippen MR) is 67.8 cm³/mol. The topological polar surface area (TPSA) is 42.4 Å². The fourth-order valence-corrected chi connectivity index (χ4v) is 2.01. The highest BCUT2D eigenvalue weighted by Crippen LogP contribution is 2.20. The highest BCUT2D eigenvalue weighted by atomic mass is 32.1. The summed E-state index contributed by atoms with van der Waals surface area (Å²) in [4.78, 5) is 17.6. The van der Waals surface area contributed by atoms with Crippen LogP contribution in [0.5, 0.6) is 5.75 Å². The molecule has 0 unspecified atom stereocenters. The first-order valence-electron chi connectivity index (χ1n) is 5.04. The number of benzene rings is 1. The van der Waals surface area contributed by atoms with Gasteiger partial charge in [-0.3, -0.25) is 4.79 Å². The zero-order valence-electron chi connectivity index (χ0n) is 9.58. The summed E-state index contributed by atoms with van der Waals surface area (Å²) >= 11 is 1.33. The van der Waals surface area contributed by atoms with Gasteiger partial charge in [0, 0.05) is 24.3 Å². The number of methoxy groups -OCH3 is 1. The molecule has 1 aromatic heterocycles. The van der Waals surface area contributed by atoms with Crippen LogP contribution in [0.4, 0.5) is 5.69 Å². The van der Waals surface area contributed by atoms with Gasteiger partial charge in [0.15, 0.2) is 5.01 Å². The Bertz CT molecular complexity index is 494. The van der Waals surface area contributed by atoms with Gasteiger partial charge in [0.25, 0.3) is 5.91 Å². The van der Waals surface area contributed by atoms with E-state index in [0.717, 1.165) is 11.4 Å². The molecule has 17 heavy (non-hydrogen) atoms. The molecule has 0 aliphatic rings. The zero-order valence-corrected chi connectivity index (χ0v) is 10.4. The predicted octanol–water partition coefficient (Wildman–Crippen LogP) is 2.43. The lowest BCUT2D eigenvalue weighted by atomic mass is 10.3. The maximum Gasteiger partial charge on any atom is 0.286 e. The summed E-state index contributed by atoms with van der Waals surface area (Å²) in [6.07, 6.45) is 1.62. The van der Waals surface area contributed by atoms with Crippen molar-refractivity contribution in [3.63, 3.8) is 0 Å². The largest absolute Gasteiger partial charge is 0.497 e. The molecule has 0 bridgehead atoms. The van der Waals surface area contributed by atoms with Crippen molar-refractivity contribution in [1.82, 2.24) is 4.98 Å². The van der Waals surface area contributed by atoms with Gasteiger partial charge in [-0.25, -0.2) is 4.98 Å². The maximum absolute atomic E-state index is 12.0. The third-order valence-corrected chi connectivity index (χ3v) is 3.14. The van der Waals surface area contributed by atoms with Crippen molar-refractivity contribution in [2.75, 3.05) is 19.1 Å². The number of aromatic nitrogens is 1. The average Bonchev–Trinajstić information content (AvgIpc) is 2.91. The molecule has 0 saturated heterocycles. The number of nitrogens with zero attached hydrogens (tertiary/aromatic N) is 2. The first-order chi connectivity index (χ1) is 8.22. The van der Waals surface area contributed by atoms with Crippen molar-refractivity contribution in [1.29, 1.82) is 0 Å². The maximum atomic E-state index is 12.0. The van der Waals surface area contributed by atoms with E-state index in [1.54, 1.807) is 30.6 Å². The molecule has 2 aromatic rings. The normalized spacial score (nSPS) is 10.0. The van der Waals surface area contributed by atoms with E-state index < -0.39 is 0 Å². The minimum Gasteiger partial charge on any atom is -0.497 e. The van der Waals surface area contributed by atoms with E-state index in [0.29, 0.717) is 5.01 Å². The van der Waals surface area contributed by atoms with Crippen molar-refractivity contribution in [3.8, 4) is 5.75 Å². The lowest BCUT2D eigenvalue weighted by Crippen LogP contribution is -2.25. The molecule has 0 fully saturated rings. The van der Waals surface area contributed by atoms with Gasteiger partial charge in [0.05, 0.1) is 7.11 Å². The van der Waals surface area contributed by atoms with E-state index in [1.165, 1.54) is 11.3 Å². The van der Waals surface area contributed by atoms with Crippen LogP contribution in [0.1, 0.15) is 9.80 Å². The lowest BCUT2D eigenvalue weighted by molar-refractivity contribution is 0.0992. The van der Waals surface area contributed by atoms with Crippen molar-refractivity contribution < 1.29 is 9.53 Å². The van der Waals surface area contributed by atoms with Crippen LogP contribution in [0.15, 0.2) is 35.8 Å². The number of amides is 1. The summed E-state index contributed by atoms with van der Waals surface area (Å²) < 4.78 is 5.07. The minimum absolute atomic E-state index is 0.106. The summed E-state index contributed by atoms with van der Waals surface area (Å²) in [5, 5.41) is 2.28. The molecule has 0 spiro atoms. The van der Waals surface area contributed by atoms with Gasteiger partial charge < -0.3 is 9.64 Å². The summed E-state index contributed by atoms with van der Waals surface area (Å²) in [5.41, 5.74) is 0.811. The van der Waals surface area contributed by atoms with E-state index in [2.05, 4.69) is 4.98 Å². The van der Waals surface area contributed by atoms with Crippen molar-refractivity contribution in [3.05, 3.63) is 40.8 Å². The third-order valence-electron chi connectivity index (χ3n) is 2.38. The van der Waals surface area contributed by atoms with Gasteiger partial charge >= 0.3 is 0 Å². The van der Waals surface area contributed by atoms with Gasteiger partial charge in [0.1, 0.15) is 5.75 Å². The number of ether oxygens (including phenoxy) is 1. The zero-order chi connectivity index (χ0) is 12.3. The van der Waals surface area contributed by atoms with Crippen LogP contribution in [0.3, 0.4) is 0 Å². The summed E-state index contributed by atoms with van der Waals surface area (Å²) in [6.45, 7) is 0. The fraction of sp³-hybridized carbons (Fsp3) is 0.167. The second-order valence-electron chi connectivity index (χ2n) is 3.40. The number of carbonyl (C=O) groups is 1. The van der Waals surface area contributed by atoms with Crippen molar-refractivity contribution in [2.24, 2.45) is 0 Å². The molecule has 1 heterocycles. The van der Waals surface area contributed by atoms with Crippen LogP contribution < -0.4 is 9.64 Å². The standard InChI is InChI=1S/C12H12N2O2S/c1-14(12(15)11-13-7-8-17-11)9-3-5-10(16-2)6-4-9/h3-8H,1-2H3. The molecule has 0 N–H and O–H groups in total. The highest BCUT2D eigenvalue weighted by Gasteiger charge is 2.15. The summed E-state index contributed by atoms with van der Waals surface area (Å²) in [6, 6.07) is 7.32. The first kappa shape index (κ1) is 11.6. The Morgan fingerprint density at radius 2 is 2.06 bits per heavy atom. The van der Waals surface area contributed by atoms with Gasteiger partial charge in [-0.05, 0) is 24.3 Å². The molecule has 1 aromatic carbocycles. The van der Waals surface area contributed by atoms with E-state index in [9.17, 15) is 4.79 Å². The first-order valence-corrected chi connectivity index (χ1v) is 5.92. The smallest absolute Gasteiger partial charge is 0.286 e. The molecule has 0 aliphatic carbocycles. The summed E-state index contributed by atoms with van der Waals surface area (Å²) in [5.74, 6) is 0.661. The van der Waals surface area contributed by atoms with E-state index >= 15 is 0 Å². The number of hydrogen-bond donors (Lipinski definition) is 0. The SMILES string of the molecule is COc1ccc(N(C)C(=O)c2nccs2)cc1. The third kappa shape index (κ3) is 2.45. The van der Waals surface area contributed by atoms with Crippen molar-refractivity contribution >= 4 is 22.9 Å². The Morgan fingerprint density at radius 1 is 1.35 bits per heavy atom. The van der Waals surface area contributed by atoms with Gasteiger partial charge in [-0.15, -0.1) is 11.3 Å².